The molecule has 130 valence electrons. The van der Waals surface area contributed by atoms with Crippen molar-refractivity contribution in [1.82, 2.24) is 5.43 Å². The minimum Gasteiger partial charge on any atom is -0.331 e. The molecule has 0 unspecified atom stereocenters. The van der Waals surface area contributed by atoms with Crippen molar-refractivity contribution in [2.24, 2.45) is 5.10 Å². The lowest BCUT2D eigenvalue weighted by molar-refractivity contribution is -0.136. The second-order valence-corrected chi connectivity index (χ2v) is 6.09. The molecule has 0 heterocycles. The monoisotopic (exact) mass is 363 g/mol. The molecule has 7 heteroatoms. The van der Waals surface area contributed by atoms with Gasteiger partial charge in [-0.25, -0.2) is 0 Å². The Bertz CT molecular complexity index is 815. The molecule has 0 fully saturated rings. The molecule has 0 spiro atoms. The molecular weight excluding hydrogens is 347 g/mol. The third-order valence-electron chi connectivity index (χ3n) is 3.96. The van der Waals surface area contributed by atoms with Crippen LogP contribution in [0.2, 0.25) is 0 Å². The van der Waals surface area contributed by atoms with Crippen molar-refractivity contribution in [3.8, 4) is 0 Å². The molecule has 25 heavy (non-hydrogen) atoms. The second kappa shape index (κ2) is 7.23. The number of para-hydroxylation sites is 1. The van der Waals surface area contributed by atoms with Crippen molar-refractivity contribution in [3.63, 3.8) is 0 Å². The molecule has 0 saturated heterocycles. The normalized spacial score (nSPS) is 15.6. The van der Waals surface area contributed by atoms with Crippen LogP contribution < -0.4 is 10.7 Å². The first-order valence-electron chi connectivity index (χ1n) is 7.83. The van der Waals surface area contributed by atoms with Crippen LogP contribution in [0.3, 0.4) is 0 Å². The van der Waals surface area contributed by atoms with E-state index >= 15 is 0 Å². The Morgan fingerprint density at radius 1 is 1.00 bits per heavy atom. The van der Waals surface area contributed by atoms with Crippen molar-refractivity contribution >= 4 is 28.7 Å². The van der Waals surface area contributed by atoms with Gasteiger partial charge in [0, 0.05) is 5.56 Å². The van der Waals surface area contributed by atoms with E-state index in [1.165, 1.54) is 23.8 Å². The third kappa shape index (κ3) is 4.17. The molecule has 2 N–H and O–H groups in total. The van der Waals surface area contributed by atoms with Crippen LogP contribution in [0.4, 0.5) is 18.9 Å². The van der Waals surface area contributed by atoms with E-state index in [9.17, 15) is 13.2 Å². The van der Waals surface area contributed by atoms with Crippen molar-refractivity contribution in [2.45, 2.75) is 25.4 Å². The molecule has 0 saturated carbocycles. The lowest BCUT2D eigenvalue weighted by Gasteiger charge is -2.18. The van der Waals surface area contributed by atoms with Crippen LogP contribution in [-0.2, 0) is 12.6 Å². The fourth-order valence-corrected chi connectivity index (χ4v) is 2.98. The number of hydrogen-bond donors (Lipinski definition) is 2. The number of hydrogen-bond acceptors (Lipinski definition) is 2. The van der Waals surface area contributed by atoms with Gasteiger partial charge in [-0.2, -0.15) is 18.3 Å². The van der Waals surface area contributed by atoms with Gasteiger partial charge >= 0.3 is 6.18 Å². The fraction of sp³-hybridized carbons (Fsp3) is 0.222. The number of hydrazone groups is 1. The highest BCUT2D eigenvalue weighted by atomic mass is 32.1. The number of fused-ring (bicyclic) bond motifs is 1. The van der Waals surface area contributed by atoms with E-state index in [1.54, 1.807) is 0 Å². The Hall–Kier alpha value is -2.41. The molecule has 2 aromatic carbocycles. The molecule has 1 aliphatic rings. The lowest BCUT2D eigenvalue weighted by atomic mass is 9.90. The smallest absolute Gasteiger partial charge is 0.331 e. The summed E-state index contributed by atoms with van der Waals surface area (Å²) in [4.78, 5) is 0. The number of thiocarbonyl (C=S) groups is 1. The van der Waals surface area contributed by atoms with E-state index in [0.717, 1.165) is 36.6 Å². The van der Waals surface area contributed by atoms with Crippen LogP contribution in [0.25, 0.3) is 0 Å². The zero-order valence-electron chi connectivity index (χ0n) is 13.2. The van der Waals surface area contributed by atoms with E-state index in [0.29, 0.717) is 0 Å². The first kappa shape index (κ1) is 17.4. The number of halogens is 3. The highest BCUT2D eigenvalue weighted by Crippen LogP contribution is 2.34. The van der Waals surface area contributed by atoms with Crippen LogP contribution in [0.15, 0.2) is 53.6 Å². The van der Waals surface area contributed by atoms with Crippen molar-refractivity contribution in [1.29, 1.82) is 0 Å². The largest absolute Gasteiger partial charge is 0.418 e. The van der Waals surface area contributed by atoms with E-state index < -0.39 is 11.7 Å². The topological polar surface area (TPSA) is 36.4 Å². The molecule has 0 radical (unpaired) electrons. The van der Waals surface area contributed by atoms with Crippen LogP contribution in [0.5, 0.6) is 0 Å². The predicted molar refractivity (Wildman–Crippen MR) is 96.7 cm³/mol. The zero-order valence-corrected chi connectivity index (χ0v) is 14.0. The number of aryl methyl sites for hydroxylation is 1. The Balaban J connectivity index is 1.73. The third-order valence-corrected chi connectivity index (χ3v) is 4.15. The van der Waals surface area contributed by atoms with Crippen LogP contribution in [0.1, 0.15) is 29.5 Å². The van der Waals surface area contributed by atoms with Crippen molar-refractivity contribution in [3.05, 3.63) is 65.2 Å². The summed E-state index contributed by atoms with van der Waals surface area (Å²) in [7, 11) is 0. The van der Waals surface area contributed by atoms with E-state index in [-0.39, 0.29) is 10.8 Å². The molecule has 0 bridgehead atoms. The number of nitrogens with one attached hydrogen (secondary N) is 2. The second-order valence-electron chi connectivity index (χ2n) is 5.68. The van der Waals surface area contributed by atoms with Gasteiger partial charge in [0.1, 0.15) is 0 Å². The Labute approximate surface area is 148 Å². The van der Waals surface area contributed by atoms with Crippen LogP contribution in [0, 0.1) is 0 Å². The number of anilines is 1. The average Bonchev–Trinajstić information content (AvgIpc) is 2.59. The van der Waals surface area contributed by atoms with Gasteiger partial charge in [-0.05, 0) is 49.2 Å². The predicted octanol–water partition coefficient (Wildman–Crippen LogP) is 4.73. The molecule has 0 aromatic heterocycles. The summed E-state index contributed by atoms with van der Waals surface area (Å²) in [5.74, 6) is 0. The summed E-state index contributed by atoms with van der Waals surface area (Å²) in [6.07, 6.45) is -1.68. The van der Waals surface area contributed by atoms with Gasteiger partial charge in [0.25, 0.3) is 0 Å². The quantitative estimate of drug-likeness (QED) is 0.598. The Morgan fingerprint density at radius 2 is 1.72 bits per heavy atom. The summed E-state index contributed by atoms with van der Waals surface area (Å²) >= 11 is 5.09. The number of alkyl halides is 3. The van der Waals surface area contributed by atoms with E-state index in [1.807, 2.05) is 18.2 Å². The Morgan fingerprint density at radius 3 is 2.52 bits per heavy atom. The summed E-state index contributed by atoms with van der Waals surface area (Å²) in [5, 5.41) is 6.89. The van der Waals surface area contributed by atoms with Crippen LogP contribution in [-0.4, -0.2) is 10.8 Å². The Kier molecular flexibility index (Phi) is 5.03. The average molecular weight is 363 g/mol. The molecule has 0 aliphatic heterocycles. The van der Waals surface area contributed by atoms with Gasteiger partial charge in [0.2, 0.25) is 0 Å². The van der Waals surface area contributed by atoms with Gasteiger partial charge < -0.3 is 5.32 Å². The maximum absolute atomic E-state index is 13.0. The van der Waals surface area contributed by atoms with Gasteiger partial charge in [-0.3, -0.25) is 5.43 Å². The first-order chi connectivity index (χ1) is 11.9. The molecular formula is C18H16F3N3S. The first-order valence-corrected chi connectivity index (χ1v) is 8.24. The maximum atomic E-state index is 13.0. The van der Waals surface area contributed by atoms with E-state index in [2.05, 4.69) is 21.9 Å². The van der Waals surface area contributed by atoms with Gasteiger partial charge in [-0.1, -0.05) is 36.4 Å². The molecule has 0 amide bonds. The fourth-order valence-electron chi connectivity index (χ4n) is 2.82. The van der Waals surface area contributed by atoms with Crippen LogP contribution >= 0.6 is 12.2 Å². The van der Waals surface area contributed by atoms with Gasteiger partial charge in [0.15, 0.2) is 5.11 Å². The highest BCUT2D eigenvalue weighted by molar-refractivity contribution is 7.80. The summed E-state index contributed by atoms with van der Waals surface area (Å²) in [6, 6.07) is 13.2. The summed E-state index contributed by atoms with van der Waals surface area (Å²) in [5.41, 5.74) is 4.92. The van der Waals surface area contributed by atoms with Crippen molar-refractivity contribution < 1.29 is 13.2 Å². The standard InChI is InChI=1S/C18H16F3N3S/c19-18(20,21)14-9-3-4-10-16(14)22-17(25)24-23-15-11-5-7-12-6-1-2-8-13(12)15/h1-4,6,8-10H,5,7,11H2,(H2,22,24,25). The number of rotatable bonds is 2. The minimum absolute atomic E-state index is 0.0206. The van der Waals surface area contributed by atoms with Gasteiger partial charge in [-0.15, -0.1) is 0 Å². The minimum atomic E-state index is -4.45. The summed E-state index contributed by atoms with van der Waals surface area (Å²) in [6.45, 7) is 0. The number of benzene rings is 2. The maximum Gasteiger partial charge on any atom is 0.418 e. The molecule has 2 aromatic rings. The van der Waals surface area contributed by atoms with Gasteiger partial charge in [0.05, 0.1) is 17.0 Å². The SMILES string of the molecule is FC(F)(F)c1ccccc1NC(=S)NN=C1CCCc2ccccc21. The van der Waals surface area contributed by atoms with Crippen molar-refractivity contribution in [2.75, 3.05) is 5.32 Å². The highest BCUT2D eigenvalue weighted by Gasteiger charge is 2.33. The number of nitrogens with zero attached hydrogens (tertiary/aromatic N) is 1. The molecule has 3 nitrogen and oxygen atoms in total. The summed E-state index contributed by atoms with van der Waals surface area (Å²) < 4.78 is 39.0. The zero-order chi connectivity index (χ0) is 17.9. The molecule has 0 atom stereocenters. The lowest BCUT2D eigenvalue weighted by Crippen LogP contribution is -2.27. The molecule has 1 aliphatic carbocycles. The molecule has 3 rings (SSSR count). The van der Waals surface area contributed by atoms with E-state index in [4.69, 9.17) is 12.2 Å².